The second kappa shape index (κ2) is 9.76. The summed E-state index contributed by atoms with van der Waals surface area (Å²) in [6, 6.07) is 3.81. The molecule has 0 spiro atoms. The number of carbonyl (C=O) groups excluding carboxylic acids is 1. The predicted molar refractivity (Wildman–Crippen MR) is 104 cm³/mol. The van der Waals surface area contributed by atoms with E-state index in [0.717, 1.165) is 0 Å². The van der Waals surface area contributed by atoms with Gasteiger partial charge in [-0.2, -0.15) is 0 Å². The van der Waals surface area contributed by atoms with Crippen molar-refractivity contribution in [2.75, 3.05) is 40.0 Å². The molecular formula is C16H19N3NaO6PS2. The summed E-state index contributed by atoms with van der Waals surface area (Å²) >= 11 is 2.58. The maximum Gasteiger partial charge on any atom is 1.00 e. The number of hydrogen-bond acceptors (Lipinski definition) is 10. The van der Waals surface area contributed by atoms with E-state index in [1.807, 2.05) is 21.1 Å². The largest absolute Gasteiger partial charge is 1.00 e. The molecule has 1 aliphatic heterocycles. The molecule has 9 nitrogen and oxygen atoms in total. The Balaban J connectivity index is 0.00000300. The maximum atomic E-state index is 12.0. The van der Waals surface area contributed by atoms with E-state index in [2.05, 4.69) is 9.98 Å². The number of carboxylic acids is 1. The zero-order chi connectivity index (χ0) is 20.5. The van der Waals surface area contributed by atoms with Gasteiger partial charge in [-0.05, 0) is 12.1 Å². The fourth-order valence-corrected chi connectivity index (χ4v) is 5.06. The molecule has 0 amide bonds. The van der Waals surface area contributed by atoms with Crippen LogP contribution in [0, 0.1) is 0 Å². The number of aromatic nitrogens is 1. The molecule has 0 radical (unpaired) electrons. The number of phosphoric acid groups is 1. The molecule has 1 unspecified atom stereocenters. The van der Waals surface area contributed by atoms with Crippen LogP contribution in [0.1, 0.15) is 5.01 Å². The molecule has 1 aromatic carbocycles. The number of nitrogens with zero attached hydrogens (tertiary/aromatic N) is 3. The van der Waals surface area contributed by atoms with Crippen molar-refractivity contribution in [3.8, 4) is 5.75 Å². The van der Waals surface area contributed by atoms with E-state index in [9.17, 15) is 19.4 Å². The number of aliphatic imine (C=N–C) groups is 1. The van der Waals surface area contributed by atoms with Gasteiger partial charge in [0.05, 0.1) is 37.3 Å². The first-order valence-electron chi connectivity index (χ1n) is 8.30. The van der Waals surface area contributed by atoms with E-state index < -0.39 is 19.8 Å². The molecule has 2 heterocycles. The standard InChI is InChI=1S/C16H20N3O6PS2.Na/c1-19(2,3)6-7-24-26(22,23)25-10-4-5-11-13(8-10)28-15(17-11)14-18-12(9-27-14)16(20)21;/h4-5,8,12H,6-7,9H2,1-3H3,(H-,20,21,22,23);/q;+1/p-1/t12-;/m1./s1. The van der Waals surface area contributed by atoms with Gasteiger partial charge in [0.25, 0.3) is 0 Å². The van der Waals surface area contributed by atoms with Crippen LogP contribution in [-0.4, -0.2) is 66.6 Å². The minimum Gasteiger partial charge on any atom is -0.746 e. The number of carboxylic acid groups (broad SMARTS) is 1. The molecule has 0 fully saturated rings. The van der Waals surface area contributed by atoms with Crippen molar-refractivity contribution in [3.05, 3.63) is 23.2 Å². The van der Waals surface area contributed by atoms with Crippen LogP contribution in [0.4, 0.5) is 0 Å². The first-order chi connectivity index (χ1) is 13.0. The van der Waals surface area contributed by atoms with E-state index in [-0.39, 0.29) is 41.9 Å². The zero-order valence-corrected chi connectivity index (χ0v) is 21.0. The monoisotopic (exact) mass is 467 g/mol. The Morgan fingerprint density at radius 2 is 2.10 bits per heavy atom. The van der Waals surface area contributed by atoms with Gasteiger partial charge in [0.2, 0.25) is 0 Å². The third kappa shape index (κ3) is 7.02. The number of thiazole rings is 1. The summed E-state index contributed by atoms with van der Waals surface area (Å²) in [4.78, 5) is 31.5. The fraction of sp³-hybridized carbons (Fsp3) is 0.438. The molecule has 152 valence electrons. The average Bonchev–Trinajstić information content (AvgIpc) is 3.19. The number of thioether (sulfide) groups is 1. The van der Waals surface area contributed by atoms with Crippen molar-refractivity contribution in [2.24, 2.45) is 4.99 Å². The van der Waals surface area contributed by atoms with Crippen LogP contribution in [0.5, 0.6) is 5.75 Å². The molecule has 0 saturated carbocycles. The number of fused-ring (bicyclic) bond motifs is 1. The second-order valence-electron chi connectivity index (χ2n) is 7.11. The molecule has 0 N–H and O–H groups in total. The molecule has 13 heteroatoms. The fourth-order valence-electron chi connectivity index (χ4n) is 2.25. The number of rotatable bonds is 8. The minimum absolute atomic E-state index is 0. The van der Waals surface area contributed by atoms with Crippen LogP contribution < -0.4 is 44.1 Å². The minimum atomic E-state index is -4.49. The van der Waals surface area contributed by atoms with Crippen molar-refractivity contribution in [1.82, 2.24) is 4.98 Å². The van der Waals surface area contributed by atoms with Gasteiger partial charge in [0.1, 0.15) is 35.0 Å². The molecule has 2 aromatic rings. The zero-order valence-electron chi connectivity index (χ0n) is 16.5. The SMILES string of the molecule is C[N+](C)(C)CCOP(=O)([O-])Oc1ccc2nc(C3=N[C@@H](C(=O)[O-])CS3)sc2c1.[Na+]. The quantitative estimate of drug-likeness (QED) is 0.237. The van der Waals surface area contributed by atoms with Crippen LogP contribution in [0.15, 0.2) is 23.2 Å². The summed E-state index contributed by atoms with van der Waals surface area (Å²) in [5, 5.41) is 12.0. The summed E-state index contributed by atoms with van der Waals surface area (Å²) in [6.45, 7) is 0.535. The Labute approximate surface area is 198 Å². The van der Waals surface area contributed by atoms with Crippen molar-refractivity contribution < 1.29 is 62.4 Å². The van der Waals surface area contributed by atoms with Gasteiger partial charge in [-0.3, -0.25) is 9.56 Å². The third-order valence-electron chi connectivity index (χ3n) is 3.69. The van der Waals surface area contributed by atoms with Crippen LogP contribution in [0.25, 0.3) is 10.2 Å². The van der Waals surface area contributed by atoms with Crippen LogP contribution >= 0.6 is 30.9 Å². The van der Waals surface area contributed by atoms with Gasteiger partial charge < -0.3 is 28.3 Å². The Bertz CT molecular complexity index is 977. The summed E-state index contributed by atoms with van der Waals surface area (Å²) < 4.78 is 23.2. The summed E-state index contributed by atoms with van der Waals surface area (Å²) in [5.74, 6) is -0.776. The molecule has 29 heavy (non-hydrogen) atoms. The van der Waals surface area contributed by atoms with Gasteiger partial charge >= 0.3 is 37.4 Å². The van der Waals surface area contributed by atoms with E-state index in [1.54, 1.807) is 12.1 Å². The molecule has 0 saturated heterocycles. The number of quaternary nitrogens is 1. The third-order valence-corrected chi connectivity index (χ3v) is 6.84. The predicted octanol–water partition coefficient (Wildman–Crippen LogP) is -2.52. The smallest absolute Gasteiger partial charge is 0.746 e. The Morgan fingerprint density at radius 1 is 1.38 bits per heavy atom. The summed E-state index contributed by atoms with van der Waals surface area (Å²) in [7, 11) is 1.30. The number of carbonyl (C=O) groups is 1. The van der Waals surface area contributed by atoms with E-state index in [0.29, 0.717) is 37.0 Å². The number of hydrogen-bond donors (Lipinski definition) is 0. The van der Waals surface area contributed by atoms with Gasteiger partial charge in [-0.25, -0.2) is 4.98 Å². The van der Waals surface area contributed by atoms with Gasteiger partial charge in [0, 0.05) is 11.8 Å². The molecular weight excluding hydrogens is 448 g/mol. The molecule has 1 aromatic heterocycles. The molecule has 2 atom stereocenters. The number of benzene rings is 1. The van der Waals surface area contributed by atoms with Crippen molar-refractivity contribution in [2.45, 2.75) is 6.04 Å². The average molecular weight is 467 g/mol. The van der Waals surface area contributed by atoms with Gasteiger partial charge in [0.15, 0.2) is 0 Å². The van der Waals surface area contributed by atoms with Gasteiger partial charge in [-0.15, -0.1) is 23.1 Å². The van der Waals surface area contributed by atoms with Crippen molar-refractivity contribution in [1.29, 1.82) is 0 Å². The molecule has 0 aliphatic carbocycles. The van der Waals surface area contributed by atoms with Crippen molar-refractivity contribution >= 4 is 52.2 Å². The molecule has 0 bridgehead atoms. The Morgan fingerprint density at radius 3 is 2.72 bits per heavy atom. The van der Waals surface area contributed by atoms with E-state index in [4.69, 9.17) is 9.05 Å². The maximum absolute atomic E-state index is 12.0. The van der Waals surface area contributed by atoms with Crippen LogP contribution in [0.3, 0.4) is 0 Å². The first-order valence-corrected chi connectivity index (χ1v) is 11.6. The van der Waals surface area contributed by atoms with E-state index >= 15 is 0 Å². The topological polar surface area (TPSA) is 124 Å². The number of likely N-dealkylation sites (N-methyl/N-ethyl adjacent to an activating group) is 1. The van der Waals surface area contributed by atoms with Crippen molar-refractivity contribution in [3.63, 3.8) is 0 Å². The number of phosphoric ester groups is 1. The van der Waals surface area contributed by atoms with Crippen LogP contribution in [-0.2, 0) is 13.9 Å². The Hall–Kier alpha value is -0.490. The summed E-state index contributed by atoms with van der Waals surface area (Å²) in [6.07, 6.45) is 0. The number of aliphatic carboxylic acids is 1. The molecule has 1 aliphatic rings. The first kappa shape index (κ1) is 24.8. The van der Waals surface area contributed by atoms with Gasteiger partial charge in [-0.1, -0.05) is 0 Å². The molecule has 3 rings (SSSR count). The summed E-state index contributed by atoms with van der Waals surface area (Å²) in [5.41, 5.74) is 0.638. The normalized spacial score (nSPS) is 18.8. The Kier molecular flexibility index (Phi) is 8.34. The van der Waals surface area contributed by atoms with E-state index in [1.165, 1.54) is 29.2 Å². The van der Waals surface area contributed by atoms with Crippen LogP contribution in [0.2, 0.25) is 0 Å². The second-order valence-corrected chi connectivity index (χ2v) is 10.5.